The summed E-state index contributed by atoms with van der Waals surface area (Å²) in [5, 5.41) is 2.67. The average molecular weight is 310 g/mol. The maximum Gasteiger partial charge on any atom is 0.240 e. The summed E-state index contributed by atoms with van der Waals surface area (Å²) in [5.41, 5.74) is 1.13. The van der Waals surface area contributed by atoms with Gasteiger partial charge in [-0.25, -0.2) is 13.1 Å². The molecule has 1 aromatic carbocycles. The number of hydrogen-bond acceptors (Lipinski definition) is 3. The van der Waals surface area contributed by atoms with E-state index in [0.717, 1.165) is 12.0 Å². The number of hydrogen-bond donors (Lipinski definition) is 2. The van der Waals surface area contributed by atoms with Crippen molar-refractivity contribution >= 4 is 15.9 Å². The van der Waals surface area contributed by atoms with Crippen molar-refractivity contribution in [1.29, 1.82) is 0 Å². The fourth-order valence-corrected chi connectivity index (χ4v) is 3.67. The Morgan fingerprint density at radius 2 is 1.95 bits per heavy atom. The second-order valence-electron chi connectivity index (χ2n) is 5.90. The Labute approximate surface area is 126 Å². The first-order valence-corrected chi connectivity index (χ1v) is 8.73. The standard InChI is InChI=1S/C15H22N2O3S/c1-11(2)9-12-3-6-14(7-4-12)21(19,20)17-13-5-8-15(18)16-10-13/h3-4,6-7,11,13,17H,5,8-10H2,1-2H3,(H,16,18). The van der Waals surface area contributed by atoms with Gasteiger partial charge in [0.2, 0.25) is 15.9 Å². The molecule has 0 aliphatic carbocycles. The van der Waals surface area contributed by atoms with Gasteiger partial charge in [0.25, 0.3) is 0 Å². The highest BCUT2D eigenvalue weighted by atomic mass is 32.2. The van der Waals surface area contributed by atoms with Crippen LogP contribution in [0.1, 0.15) is 32.3 Å². The van der Waals surface area contributed by atoms with Crippen LogP contribution < -0.4 is 10.0 Å². The van der Waals surface area contributed by atoms with Gasteiger partial charge in [0.15, 0.2) is 0 Å². The minimum Gasteiger partial charge on any atom is -0.355 e. The summed E-state index contributed by atoms with van der Waals surface area (Å²) in [6.45, 7) is 4.61. The van der Waals surface area contributed by atoms with E-state index in [1.165, 1.54) is 0 Å². The first-order valence-electron chi connectivity index (χ1n) is 7.25. The van der Waals surface area contributed by atoms with Crippen LogP contribution in [0.3, 0.4) is 0 Å². The third-order valence-corrected chi connectivity index (χ3v) is 5.00. The van der Waals surface area contributed by atoms with Crippen molar-refractivity contribution < 1.29 is 13.2 Å². The topological polar surface area (TPSA) is 75.3 Å². The highest BCUT2D eigenvalue weighted by Crippen LogP contribution is 2.15. The Bertz CT molecular complexity index is 584. The maximum atomic E-state index is 12.3. The van der Waals surface area contributed by atoms with E-state index in [1.807, 2.05) is 12.1 Å². The molecule has 1 amide bonds. The van der Waals surface area contributed by atoms with Crippen LogP contribution in [0.2, 0.25) is 0 Å². The summed E-state index contributed by atoms with van der Waals surface area (Å²) in [7, 11) is -3.52. The molecule has 1 saturated heterocycles. The Hall–Kier alpha value is -1.40. The van der Waals surface area contributed by atoms with E-state index >= 15 is 0 Å². The molecule has 1 heterocycles. The van der Waals surface area contributed by atoms with Crippen LogP contribution in [-0.4, -0.2) is 26.9 Å². The molecule has 1 aromatic rings. The number of piperidine rings is 1. The van der Waals surface area contributed by atoms with E-state index in [2.05, 4.69) is 23.9 Å². The molecule has 0 bridgehead atoms. The van der Waals surface area contributed by atoms with E-state index in [1.54, 1.807) is 12.1 Å². The molecule has 5 nitrogen and oxygen atoms in total. The first kappa shape index (κ1) is 16.0. The second-order valence-corrected chi connectivity index (χ2v) is 7.62. The van der Waals surface area contributed by atoms with Crippen molar-refractivity contribution in [2.75, 3.05) is 6.54 Å². The number of sulfonamides is 1. The van der Waals surface area contributed by atoms with E-state index in [4.69, 9.17) is 0 Å². The zero-order valence-electron chi connectivity index (χ0n) is 12.4. The van der Waals surface area contributed by atoms with Gasteiger partial charge in [-0.3, -0.25) is 4.79 Å². The summed E-state index contributed by atoms with van der Waals surface area (Å²) >= 11 is 0. The number of carbonyl (C=O) groups is 1. The van der Waals surface area contributed by atoms with Gasteiger partial charge in [-0.2, -0.15) is 0 Å². The molecule has 21 heavy (non-hydrogen) atoms. The van der Waals surface area contributed by atoms with Gasteiger partial charge in [-0.15, -0.1) is 0 Å². The third kappa shape index (κ3) is 4.54. The van der Waals surface area contributed by atoms with Gasteiger partial charge in [-0.05, 0) is 36.5 Å². The number of nitrogens with one attached hydrogen (secondary N) is 2. The van der Waals surface area contributed by atoms with Crippen LogP contribution >= 0.6 is 0 Å². The van der Waals surface area contributed by atoms with E-state index < -0.39 is 10.0 Å². The summed E-state index contributed by atoms with van der Waals surface area (Å²) in [4.78, 5) is 11.4. The van der Waals surface area contributed by atoms with Crippen LogP contribution in [0.15, 0.2) is 29.2 Å². The van der Waals surface area contributed by atoms with Gasteiger partial charge >= 0.3 is 0 Å². The van der Waals surface area contributed by atoms with Crippen LogP contribution in [0, 0.1) is 5.92 Å². The first-order chi connectivity index (χ1) is 9.87. The Balaban J connectivity index is 2.03. The number of benzene rings is 1. The zero-order valence-corrected chi connectivity index (χ0v) is 13.2. The van der Waals surface area contributed by atoms with Crippen LogP contribution in [0.25, 0.3) is 0 Å². The zero-order chi connectivity index (χ0) is 15.5. The Morgan fingerprint density at radius 3 is 2.48 bits per heavy atom. The molecule has 116 valence electrons. The predicted molar refractivity (Wildman–Crippen MR) is 81.3 cm³/mol. The third-order valence-electron chi connectivity index (χ3n) is 3.46. The molecule has 0 saturated carbocycles. The van der Waals surface area contributed by atoms with E-state index in [0.29, 0.717) is 25.3 Å². The van der Waals surface area contributed by atoms with Crippen molar-refractivity contribution in [1.82, 2.24) is 10.0 Å². The monoisotopic (exact) mass is 310 g/mol. The number of carbonyl (C=O) groups excluding carboxylic acids is 1. The van der Waals surface area contributed by atoms with Gasteiger partial charge in [0.05, 0.1) is 4.90 Å². The lowest BCUT2D eigenvalue weighted by Crippen LogP contribution is -2.47. The molecule has 1 fully saturated rings. The lowest BCUT2D eigenvalue weighted by Gasteiger charge is -2.23. The van der Waals surface area contributed by atoms with Gasteiger partial charge in [0.1, 0.15) is 0 Å². The summed E-state index contributed by atoms with van der Waals surface area (Å²) in [5.74, 6) is 0.514. The SMILES string of the molecule is CC(C)Cc1ccc(S(=O)(=O)NC2CCC(=O)NC2)cc1. The highest BCUT2D eigenvalue weighted by molar-refractivity contribution is 7.89. The minimum absolute atomic E-state index is 0.0245. The van der Waals surface area contributed by atoms with Crippen molar-refractivity contribution in [3.8, 4) is 0 Å². The molecule has 1 aliphatic rings. The van der Waals surface area contributed by atoms with E-state index in [9.17, 15) is 13.2 Å². The van der Waals surface area contributed by atoms with Crippen molar-refractivity contribution in [2.45, 2.75) is 44.0 Å². The summed E-state index contributed by atoms with van der Waals surface area (Å²) in [6, 6.07) is 6.76. The number of rotatable bonds is 5. The van der Waals surface area contributed by atoms with Gasteiger partial charge < -0.3 is 5.32 Å². The van der Waals surface area contributed by atoms with Crippen LogP contribution in [-0.2, 0) is 21.2 Å². The minimum atomic E-state index is -3.52. The van der Waals surface area contributed by atoms with Crippen molar-refractivity contribution in [3.63, 3.8) is 0 Å². The molecule has 0 aromatic heterocycles. The predicted octanol–water partition coefficient (Wildman–Crippen LogP) is 1.44. The summed E-state index contributed by atoms with van der Waals surface area (Å²) in [6.07, 6.45) is 1.83. The summed E-state index contributed by atoms with van der Waals surface area (Å²) < 4.78 is 27.2. The molecule has 2 rings (SSSR count). The maximum absolute atomic E-state index is 12.3. The number of amides is 1. The fraction of sp³-hybridized carbons (Fsp3) is 0.533. The largest absolute Gasteiger partial charge is 0.355 e. The fourth-order valence-electron chi connectivity index (χ4n) is 2.40. The molecule has 1 unspecified atom stereocenters. The molecule has 6 heteroatoms. The Morgan fingerprint density at radius 1 is 1.29 bits per heavy atom. The highest BCUT2D eigenvalue weighted by Gasteiger charge is 2.24. The molecule has 0 spiro atoms. The smallest absolute Gasteiger partial charge is 0.240 e. The molecule has 0 radical (unpaired) electrons. The van der Waals surface area contributed by atoms with Crippen molar-refractivity contribution in [3.05, 3.63) is 29.8 Å². The Kier molecular flexibility index (Phi) is 5.00. The lowest BCUT2D eigenvalue weighted by atomic mass is 10.0. The van der Waals surface area contributed by atoms with Crippen LogP contribution in [0.4, 0.5) is 0 Å². The lowest BCUT2D eigenvalue weighted by molar-refractivity contribution is -0.122. The molecule has 1 atom stereocenters. The molecule has 1 aliphatic heterocycles. The van der Waals surface area contributed by atoms with Crippen molar-refractivity contribution in [2.24, 2.45) is 5.92 Å². The quantitative estimate of drug-likeness (QED) is 0.864. The molecule has 2 N–H and O–H groups in total. The van der Waals surface area contributed by atoms with E-state index in [-0.39, 0.29) is 16.8 Å². The van der Waals surface area contributed by atoms with Gasteiger partial charge in [-0.1, -0.05) is 26.0 Å². The molecular formula is C15H22N2O3S. The molecular weight excluding hydrogens is 288 g/mol. The average Bonchev–Trinajstić information content (AvgIpc) is 2.41. The second kappa shape index (κ2) is 6.58. The normalized spacial score (nSPS) is 19.6. The van der Waals surface area contributed by atoms with Crippen LogP contribution in [0.5, 0.6) is 0 Å². The van der Waals surface area contributed by atoms with Gasteiger partial charge in [0, 0.05) is 19.0 Å².